The molecule has 0 fully saturated rings. The summed E-state index contributed by atoms with van der Waals surface area (Å²) in [6.07, 6.45) is 12.2. The highest BCUT2D eigenvalue weighted by Gasteiger charge is 2.50. The van der Waals surface area contributed by atoms with Crippen molar-refractivity contribution in [2.45, 2.75) is 97.2 Å². The molecule has 0 bridgehead atoms. The van der Waals surface area contributed by atoms with Crippen LogP contribution < -0.4 is 5.11 Å². The van der Waals surface area contributed by atoms with E-state index >= 15 is 0 Å². The van der Waals surface area contributed by atoms with E-state index in [-0.39, 0.29) is 6.54 Å². The van der Waals surface area contributed by atoms with Gasteiger partial charge in [0, 0.05) is 0 Å². The third kappa shape index (κ3) is 7.62. The number of allylic oxidation sites excluding steroid dienone is 2. The molecule has 0 aromatic heterocycles. The highest BCUT2D eigenvalue weighted by atomic mass is 16.4. The molecule has 7 heteroatoms. The van der Waals surface area contributed by atoms with Gasteiger partial charge in [0.1, 0.15) is 6.04 Å². The molecule has 0 aliphatic heterocycles. The molecule has 0 aliphatic carbocycles. The van der Waals surface area contributed by atoms with Gasteiger partial charge in [-0.2, -0.15) is 0 Å². The van der Waals surface area contributed by atoms with Crippen molar-refractivity contribution in [2.24, 2.45) is 0 Å². The second-order valence-corrected chi connectivity index (χ2v) is 7.56. The molecule has 162 valence electrons. The largest absolute Gasteiger partial charge is 0.544 e. The Balaban J connectivity index is 5.04. The zero-order valence-corrected chi connectivity index (χ0v) is 17.7. The Kier molecular flexibility index (Phi) is 12.4. The van der Waals surface area contributed by atoms with Gasteiger partial charge in [-0.05, 0) is 52.9 Å². The monoisotopic (exact) mass is 399 g/mol. The molecule has 0 radical (unpaired) electrons. The van der Waals surface area contributed by atoms with Crippen molar-refractivity contribution in [3.05, 3.63) is 12.2 Å². The fourth-order valence-electron chi connectivity index (χ4n) is 3.77. The van der Waals surface area contributed by atoms with Gasteiger partial charge in [0.2, 0.25) is 0 Å². The maximum absolute atomic E-state index is 11.6. The fraction of sp³-hybridized carbons (Fsp3) is 0.762. The molecule has 0 aliphatic rings. The second kappa shape index (κ2) is 13.3. The molecular weight excluding hydrogens is 362 g/mol. The van der Waals surface area contributed by atoms with E-state index in [9.17, 15) is 29.7 Å². The lowest BCUT2D eigenvalue weighted by molar-refractivity contribution is -0.969. The van der Waals surface area contributed by atoms with Crippen molar-refractivity contribution in [1.29, 1.82) is 0 Å². The first kappa shape index (κ1) is 26.1. The van der Waals surface area contributed by atoms with E-state index < -0.39 is 40.5 Å². The minimum Gasteiger partial charge on any atom is -0.544 e. The highest BCUT2D eigenvalue weighted by molar-refractivity contribution is 5.76. The molecule has 0 aromatic carbocycles. The molecule has 0 saturated carbocycles. The van der Waals surface area contributed by atoms with Crippen LogP contribution >= 0.6 is 0 Å². The quantitative estimate of drug-likeness (QED) is 0.234. The lowest BCUT2D eigenvalue weighted by Gasteiger charge is -2.49. The molecule has 7 nitrogen and oxygen atoms in total. The Morgan fingerprint density at radius 2 is 1.29 bits per heavy atom. The van der Waals surface area contributed by atoms with Crippen molar-refractivity contribution in [2.75, 3.05) is 6.54 Å². The van der Waals surface area contributed by atoms with Crippen LogP contribution in [-0.4, -0.2) is 57.3 Å². The summed E-state index contributed by atoms with van der Waals surface area (Å²) in [5.74, 6) is -3.87. The Hall–Kier alpha value is -1.89. The number of carbonyl (C=O) groups excluding carboxylic acids is 1. The SMILES string of the molecule is CCCCCC/C=C/CCCC[N+](C(C)C(=O)[O-])(C(C)C(=O)O)C(C)C(=O)O. The van der Waals surface area contributed by atoms with Crippen LogP contribution in [-0.2, 0) is 14.4 Å². The van der Waals surface area contributed by atoms with Crippen LogP contribution in [0.3, 0.4) is 0 Å². The van der Waals surface area contributed by atoms with Crippen molar-refractivity contribution in [3.63, 3.8) is 0 Å². The Bertz CT molecular complexity index is 481. The van der Waals surface area contributed by atoms with E-state index in [0.29, 0.717) is 6.42 Å². The number of hydrogen-bond acceptors (Lipinski definition) is 4. The van der Waals surface area contributed by atoms with Gasteiger partial charge in [-0.1, -0.05) is 38.3 Å². The molecular formula is C21H37NO6. The van der Waals surface area contributed by atoms with Crippen molar-refractivity contribution in [3.8, 4) is 0 Å². The molecule has 0 rings (SSSR count). The third-order valence-corrected chi connectivity index (χ3v) is 5.78. The van der Waals surface area contributed by atoms with Gasteiger partial charge in [-0.25, -0.2) is 9.59 Å². The van der Waals surface area contributed by atoms with Gasteiger partial charge in [-0.3, -0.25) is 4.48 Å². The topological polar surface area (TPSA) is 115 Å². The number of unbranched alkanes of at least 4 members (excludes halogenated alkanes) is 6. The zero-order valence-electron chi connectivity index (χ0n) is 17.7. The van der Waals surface area contributed by atoms with Gasteiger partial charge in [-0.15, -0.1) is 0 Å². The minimum atomic E-state index is -1.44. The second-order valence-electron chi connectivity index (χ2n) is 7.56. The van der Waals surface area contributed by atoms with Crippen LogP contribution in [0.25, 0.3) is 0 Å². The van der Waals surface area contributed by atoms with Crippen molar-refractivity contribution < 1.29 is 34.2 Å². The van der Waals surface area contributed by atoms with Crippen LogP contribution in [0.15, 0.2) is 12.2 Å². The molecule has 28 heavy (non-hydrogen) atoms. The first-order valence-electron chi connectivity index (χ1n) is 10.3. The number of carboxylic acids is 3. The highest BCUT2D eigenvalue weighted by Crippen LogP contribution is 2.27. The summed E-state index contributed by atoms with van der Waals surface area (Å²) in [5, 5.41) is 30.6. The standard InChI is InChI=1S/C21H37NO6/c1-5-6-7-8-9-10-11-12-13-14-15-22(16(2)19(23)24,17(3)20(25)26)18(4)21(27)28/h10-11,16-18H,5-9,12-15H2,1-4H3,(H2-,23,24,25,26,27,28)/b11-10+. The predicted octanol–water partition coefficient (Wildman–Crippen LogP) is 2.58. The lowest BCUT2D eigenvalue weighted by atomic mass is 10.0. The Morgan fingerprint density at radius 3 is 1.68 bits per heavy atom. The molecule has 0 aromatic rings. The molecule has 0 amide bonds. The molecule has 3 atom stereocenters. The number of quaternary nitrogens is 1. The summed E-state index contributed by atoms with van der Waals surface area (Å²) >= 11 is 0. The maximum atomic E-state index is 11.6. The first-order chi connectivity index (χ1) is 13.1. The number of nitrogens with zero attached hydrogens (tertiary/aromatic N) is 1. The van der Waals surface area contributed by atoms with E-state index in [1.54, 1.807) is 0 Å². The maximum Gasteiger partial charge on any atom is 0.362 e. The number of hydrogen-bond donors (Lipinski definition) is 2. The number of aliphatic carboxylic acids is 3. The average Bonchev–Trinajstić information content (AvgIpc) is 2.64. The number of carboxylic acid groups (broad SMARTS) is 3. The van der Waals surface area contributed by atoms with E-state index in [2.05, 4.69) is 19.1 Å². The predicted molar refractivity (Wildman–Crippen MR) is 106 cm³/mol. The summed E-state index contributed by atoms with van der Waals surface area (Å²) in [7, 11) is 0. The summed E-state index contributed by atoms with van der Waals surface area (Å²) in [5.41, 5.74) is 0. The van der Waals surface area contributed by atoms with Gasteiger partial charge in [0.25, 0.3) is 0 Å². The third-order valence-electron chi connectivity index (χ3n) is 5.78. The van der Waals surface area contributed by atoms with E-state index in [1.807, 2.05) is 0 Å². The fourth-order valence-corrected chi connectivity index (χ4v) is 3.77. The van der Waals surface area contributed by atoms with E-state index in [4.69, 9.17) is 0 Å². The van der Waals surface area contributed by atoms with E-state index in [0.717, 1.165) is 19.3 Å². The molecule has 2 N–H and O–H groups in total. The number of carbonyl (C=O) groups is 3. The van der Waals surface area contributed by atoms with Crippen LogP contribution in [0.5, 0.6) is 0 Å². The zero-order chi connectivity index (χ0) is 21.7. The summed E-state index contributed by atoms with van der Waals surface area (Å²) in [4.78, 5) is 34.9. The first-order valence-corrected chi connectivity index (χ1v) is 10.3. The molecule has 0 heterocycles. The van der Waals surface area contributed by atoms with Crippen LogP contribution in [0.4, 0.5) is 0 Å². The lowest BCUT2D eigenvalue weighted by Crippen LogP contribution is -2.72. The summed E-state index contributed by atoms with van der Waals surface area (Å²) in [6.45, 7) is 6.41. The normalized spacial score (nSPS) is 17.0. The van der Waals surface area contributed by atoms with Crippen molar-refractivity contribution in [1.82, 2.24) is 0 Å². The van der Waals surface area contributed by atoms with Gasteiger partial charge in [0.05, 0.1) is 12.5 Å². The summed E-state index contributed by atoms with van der Waals surface area (Å²) in [6, 6.07) is -3.59. The molecule has 0 spiro atoms. The van der Waals surface area contributed by atoms with Crippen LogP contribution in [0.2, 0.25) is 0 Å². The molecule has 0 saturated heterocycles. The van der Waals surface area contributed by atoms with Crippen LogP contribution in [0.1, 0.15) is 79.1 Å². The van der Waals surface area contributed by atoms with E-state index in [1.165, 1.54) is 46.5 Å². The molecule has 3 unspecified atom stereocenters. The van der Waals surface area contributed by atoms with Gasteiger partial charge in [0.15, 0.2) is 12.1 Å². The van der Waals surface area contributed by atoms with Gasteiger partial charge < -0.3 is 20.1 Å². The average molecular weight is 400 g/mol. The summed E-state index contributed by atoms with van der Waals surface area (Å²) < 4.78 is -0.562. The Labute approximate surface area is 168 Å². The number of rotatable bonds is 16. The van der Waals surface area contributed by atoms with Crippen LogP contribution in [0, 0.1) is 0 Å². The van der Waals surface area contributed by atoms with Crippen molar-refractivity contribution >= 4 is 17.9 Å². The Morgan fingerprint density at radius 1 is 0.821 bits per heavy atom. The minimum absolute atomic E-state index is 0.153. The smallest absolute Gasteiger partial charge is 0.362 e. The van der Waals surface area contributed by atoms with Gasteiger partial charge >= 0.3 is 11.9 Å².